The second-order valence-electron chi connectivity index (χ2n) is 2.28. The molecule has 5 heteroatoms. The van der Waals surface area contributed by atoms with E-state index in [4.69, 9.17) is 23.2 Å². The standard InChI is InChI=1S/C8H6Cl2F2S/c9-7(10)8(11,12)13-6-4-2-1-3-5-6/h1-5,7H. The monoisotopic (exact) mass is 242 g/mol. The number of hydrogen-bond donors (Lipinski definition) is 0. The molecule has 0 aliphatic rings. The van der Waals surface area contributed by atoms with E-state index in [1.54, 1.807) is 30.3 Å². The van der Waals surface area contributed by atoms with Crippen LogP contribution >= 0.6 is 35.0 Å². The molecule has 0 saturated heterocycles. The molecule has 13 heavy (non-hydrogen) atoms. The van der Waals surface area contributed by atoms with E-state index in [1.807, 2.05) is 0 Å². The van der Waals surface area contributed by atoms with Gasteiger partial charge < -0.3 is 0 Å². The predicted octanol–water partition coefficient (Wildman–Crippen LogP) is 4.18. The van der Waals surface area contributed by atoms with Crippen LogP contribution < -0.4 is 0 Å². The fraction of sp³-hybridized carbons (Fsp3) is 0.250. The van der Waals surface area contributed by atoms with E-state index < -0.39 is 10.1 Å². The van der Waals surface area contributed by atoms with Gasteiger partial charge in [0.25, 0.3) is 0 Å². The first-order chi connectivity index (χ1) is 6.02. The van der Waals surface area contributed by atoms with Gasteiger partial charge in [0.05, 0.1) is 0 Å². The zero-order chi connectivity index (χ0) is 9.90. The molecule has 1 rings (SSSR count). The van der Waals surface area contributed by atoms with E-state index in [1.165, 1.54) is 0 Å². The van der Waals surface area contributed by atoms with Crippen LogP contribution in [0, 0.1) is 0 Å². The van der Waals surface area contributed by atoms with Gasteiger partial charge in [-0.1, -0.05) is 41.4 Å². The summed E-state index contributed by atoms with van der Waals surface area (Å²) in [5.74, 6) is 0. The van der Waals surface area contributed by atoms with Crippen molar-refractivity contribution in [3.8, 4) is 0 Å². The molecule has 0 aromatic heterocycles. The van der Waals surface area contributed by atoms with Gasteiger partial charge in [0.1, 0.15) is 0 Å². The summed E-state index contributed by atoms with van der Waals surface area (Å²) in [6.07, 6.45) is 0. The van der Waals surface area contributed by atoms with Gasteiger partial charge in [-0.15, -0.1) is 0 Å². The van der Waals surface area contributed by atoms with Crippen molar-refractivity contribution in [1.29, 1.82) is 0 Å². The Hall–Kier alpha value is 0.01000. The first kappa shape index (κ1) is 11.1. The molecule has 0 aliphatic carbocycles. The van der Waals surface area contributed by atoms with Gasteiger partial charge in [0.15, 0.2) is 4.84 Å². The molecule has 0 amide bonds. The largest absolute Gasteiger partial charge is 0.327 e. The van der Waals surface area contributed by atoms with Crippen LogP contribution in [0.5, 0.6) is 0 Å². The lowest BCUT2D eigenvalue weighted by Gasteiger charge is -2.15. The van der Waals surface area contributed by atoms with Gasteiger partial charge in [-0.3, -0.25) is 0 Å². The van der Waals surface area contributed by atoms with Crippen molar-refractivity contribution in [3.63, 3.8) is 0 Å². The Morgan fingerprint density at radius 1 is 1.15 bits per heavy atom. The summed E-state index contributed by atoms with van der Waals surface area (Å²) < 4.78 is 25.9. The summed E-state index contributed by atoms with van der Waals surface area (Å²) in [5, 5.41) is -3.15. The highest BCUT2D eigenvalue weighted by Crippen LogP contribution is 2.41. The molecule has 0 aliphatic heterocycles. The lowest BCUT2D eigenvalue weighted by Crippen LogP contribution is -2.19. The van der Waals surface area contributed by atoms with Crippen molar-refractivity contribution in [2.45, 2.75) is 15.0 Å². The van der Waals surface area contributed by atoms with Crippen LogP contribution in [-0.4, -0.2) is 10.1 Å². The van der Waals surface area contributed by atoms with Crippen LogP contribution in [0.4, 0.5) is 8.78 Å². The van der Waals surface area contributed by atoms with E-state index >= 15 is 0 Å². The van der Waals surface area contributed by atoms with Gasteiger partial charge in [0, 0.05) is 4.90 Å². The zero-order valence-corrected chi connectivity index (χ0v) is 8.71. The highest BCUT2D eigenvalue weighted by atomic mass is 35.5. The Balaban J connectivity index is 2.69. The average molecular weight is 243 g/mol. The van der Waals surface area contributed by atoms with E-state index in [2.05, 4.69) is 0 Å². The van der Waals surface area contributed by atoms with Crippen molar-refractivity contribution in [3.05, 3.63) is 30.3 Å². The van der Waals surface area contributed by atoms with Crippen molar-refractivity contribution >= 4 is 35.0 Å². The molecule has 0 saturated carbocycles. The maximum absolute atomic E-state index is 12.9. The molecule has 0 fully saturated rings. The van der Waals surface area contributed by atoms with Crippen molar-refractivity contribution in [2.24, 2.45) is 0 Å². The second-order valence-corrected chi connectivity index (χ2v) is 4.59. The number of thioether (sulfide) groups is 1. The maximum atomic E-state index is 12.9. The minimum absolute atomic E-state index is 0.357. The van der Waals surface area contributed by atoms with E-state index in [9.17, 15) is 8.78 Å². The van der Waals surface area contributed by atoms with Crippen molar-refractivity contribution < 1.29 is 8.78 Å². The third-order valence-corrected chi connectivity index (χ3v) is 3.07. The topological polar surface area (TPSA) is 0 Å². The molecule has 1 aromatic rings. The van der Waals surface area contributed by atoms with Crippen LogP contribution in [0.15, 0.2) is 35.2 Å². The predicted molar refractivity (Wildman–Crippen MR) is 52.7 cm³/mol. The first-order valence-electron chi connectivity index (χ1n) is 3.42. The summed E-state index contributed by atoms with van der Waals surface area (Å²) in [5.41, 5.74) is 0. The van der Waals surface area contributed by atoms with Crippen LogP contribution in [0.25, 0.3) is 0 Å². The van der Waals surface area contributed by atoms with Gasteiger partial charge in [-0.05, 0) is 23.9 Å². The quantitative estimate of drug-likeness (QED) is 0.567. The minimum atomic E-state index is -3.15. The van der Waals surface area contributed by atoms with Gasteiger partial charge in [-0.25, -0.2) is 0 Å². The third-order valence-electron chi connectivity index (χ3n) is 1.25. The van der Waals surface area contributed by atoms with E-state index in [0.717, 1.165) is 0 Å². The Kier molecular flexibility index (Phi) is 3.83. The molecule has 0 nitrogen and oxygen atoms in total. The van der Waals surface area contributed by atoms with Crippen LogP contribution in [-0.2, 0) is 0 Å². The molecule has 0 heterocycles. The molecule has 0 unspecified atom stereocenters. The molecule has 0 atom stereocenters. The Bertz CT molecular complexity index is 264. The Labute approximate surface area is 89.2 Å². The molecule has 0 bridgehead atoms. The molecule has 0 radical (unpaired) electrons. The molecular formula is C8H6Cl2F2S. The van der Waals surface area contributed by atoms with Crippen LogP contribution in [0.2, 0.25) is 0 Å². The normalized spacial score (nSPS) is 12.1. The fourth-order valence-electron chi connectivity index (χ4n) is 0.690. The molecule has 0 N–H and O–H groups in total. The SMILES string of the molecule is FC(F)(Sc1ccccc1)C(Cl)Cl. The molecular weight excluding hydrogens is 237 g/mol. The summed E-state index contributed by atoms with van der Waals surface area (Å²) in [6.45, 7) is 0. The molecule has 1 aromatic carbocycles. The van der Waals surface area contributed by atoms with E-state index in [0.29, 0.717) is 16.7 Å². The summed E-state index contributed by atoms with van der Waals surface area (Å²) >= 11 is 10.6. The number of alkyl halides is 4. The maximum Gasteiger partial charge on any atom is 0.327 e. The third kappa shape index (κ3) is 3.33. The summed E-state index contributed by atoms with van der Waals surface area (Å²) in [7, 11) is 0. The van der Waals surface area contributed by atoms with Crippen molar-refractivity contribution in [1.82, 2.24) is 0 Å². The van der Waals surface area contributed by atoms with Crippen LogP contribution in [0.1, 0.15) is 0 Å². The minimum Gasteiger partial charge on any atom is -0.191 e. The molecule has 0 spiro atoms. The number of benzene rings is 1. The smallest absolute Gasteiger partial charge is 0.191 e. The molecule has 72 valence electrons. The lowest BCUT2D eigenvalue weighted by atomic mass is 10.4. The zero-order valence-electron chi connectivity index (χ0n) is 6.38. The van der Waals surface area contributed by atoms with Gasteiger partial charge in [0.2, 0.25) is 0 Å². The Morgan fingerprint density at radius 2 is 1.69 bits per heavy atom. The lowest BCUT2D eigenvalue weighted by molar-refractivity contribution is 0.122. The van der Waals surface area contributed by atoms with E-state index in [-0.39, 0.29) is 0 Å². The Morgan fingerprint density at radius 3 is 2.15 bits per heavy atom. The summed E-state index contributed by atoms with van der Waals surface area (Å²) in [6, 6.07) is 8.26. The van der Waals surface area contributed by atoms with Crippen LogP contribution in [0.3, 0.4) is 0 Å². The van der Waals surface area contributed by atoms with Gasteiger partial charge >= 0.3 is 5.25 Å². The fourth-order valence-corrected chi connectivity index (χ4v) is 1.65. The number of hydrogen-bond acceptors (Lipinski definition) is 1. The number of halogens is 4. The highest BCUT2D eigenvalue weighted by molar-refractivity contribution is 8.00. The van der Waals surface area contributed by atoms with Gasteiger partial charge in [-0.2, -0.15) is 8.78 Å². The first-order valence-corrected chi connectivity index (χ1v) is 5.11. The second kappa shape index (κ2) is 4.49. The number of rotatable bonds is 3. The summed E-state index contributed by atoms with van der Waals surface area (Å²) in [4.78, 5) is -1.25. The van der Waals surface area contributed by atoms with Crippen molar-refractivity contribution in [2.75, 3.05) is 0 Å². The highest BCUT2D eigenvalue weighted by Gasteiger charge is 2.38. The average Bonchev–Trinajstić information content (AvgIpc) is 2.05.